The molecule has 0 fully saturated rings. The fourth-order valence-electron chi connectivity index (χ4n) is 2.58. The Hall–Kier alpha value is -2.50. The van der Waals surface area contributed by atoms with Crippen LogP contribution < -0.4 is 0 Å². The Morgan fingerprint density at radius 1 is 1.19 bits per heavy atom. The lowest BCUT2D eigenvalue weighted by atomic mass is 9.94. The van der Waals surface area contributed by atoms with E-state index in [1.807, 2.05) is 24.3 Å². The highest BCUT2D eigenvalue weighted by atomic mass is 16.6. The van der Waals surface area contributed by atoms with Crippen molar-refractivity contribution in [1.82, 2.24) is 4.90 Å². The number of nitrogens with zero attached hydrogens (tertiary/aromatic N) is 1. The van der Waals surface area contributed by atoms with Crippen molar-refractivity contribution in [2.75, 3.05) is 13.2 Å². The summed E-state index contributed by atoms with van der Waals surface area (Å²) in [5.41, 5.74) is 1.92. The van der Waals surface area contributed by atoms with Gasteiger partial charge in [-0.25, -0.2) is 4.79 Å². The monoisotopic (exact) mass is 289 g/mol. The Balaban J connectivity index is 1.90. The minimum atomic E-state index is -1.02. The number of fused-ring (bicyclic) bond motifs is 1. The summed E-state index contributed by atoms with van der Waals surface area (Å²) < 4.78 is 10.3. The molecule has 110 valence electrons. The molecule has 21 heavy (non-hydrogen) atoms. The van der Waals surface area contributed by atoms with Crippen LogP contribution in [0.15, 0.2) is 36.3 Å². The molecule has 1 atom stereocenters. The third-order valence-electron chi connectivity index (χ3n) is 3.65. The first-order valence-corrected chi connectivity index (χ1v) is 6.72. The van der Waals surface area contributed by atoms with Crippen LogP contribution in [0.2, 0.25) is 0 Å². The van der Waals surface area contributed by atoms with Crippen LogP contribution in [0.1, 0.15) is 11.1 Å². The van der Waals surface area contributed by atoms with E-state index < -0.39 is 17.9 Å². The summed E-state index contributed by atoms with van der Waals surface area (Å²) in [6.45, 7) is 0.939. The Kier molecular flexibility index (Phi) is 3.51. The van der Waals surface area contributed by atoms with Crippen LogP contribution in [0.3, 0.4) is 0 Å². The molecule has 3 rings (SSSR count). The van der Waals surface area contributed by atoms with E-state index in [0.29, 0.717) is 19.6 Å². The maximum absolute atomic E-state index is 12.5. The number of aliphatic carboxylic acids is 1. The van der Waals surface area contributed by atoms with Gasteiger partial charge < -0.3 is 19.5 Å². The molecular formula is C15H15NO5. The Labute approximate surface area is 121 Å². The second-order valence-electron chi connectivity index (χ2n) is 4.96. The molecule has 0 radical (unpaired) electrons. The minimum absolute atomic E-state index is 0.0619. The fraction of sp³-hybridized carbons (Fsp3) is 0.333. The van der Waals surface area contributed by atoms with E-state index in [1.54, 1.807) is 0 Å². The molecule has 2 aliphatic rings. The summed E-state index contributed by atoms with van der Waals surface area (Å²) in [6.07, 6.45) is 1.55. The normalized spacial score (nSPS) is 20.7. The standard InChI is InChI=1S/C15H15NO5/c17-14(13-9-20-5-6-21-13)16-8-11-4-2-1-3-10(11)7-12(16)15(18)19/h1-4,9,12H,5-8H2,(H,18,19). The minimum Gasteiger partial charge on any atom is -0.494 e. The van der Waals surface area contributed by atoms with Crippen molar-refractivity contribution in [1.29, 1.82) is 0 Å². The molecule has 2 heterocycles. The largest absolute Gasteiger partial charge is 0.494 e. The van der Waals surface area contributed by atoms with Crippen LogP contribution in [-0.4, -0.2) is 41.1 Å². The van der Waals surface area contributed by atoms with Gasteiger partial charge >= 0.3 is 5.97 Å². The summed E-state index contributed by atoms with van der Waals surface area (Å²) in [5.74, 6) is -1.40. The molecule has 6 nitrogen and oxygen atoms in total. The van der Waals surface area contributed by atoms with Crippen LogP contribution in [0.4, 0.5) is 0 Å². The highest BCUT2D eigenvalue weighted by Crippen LogP contribution is 2.25. The highest BCUT2D eigenvalue weighted by molar-refractivity contribution is 5.94. The molecule has 1 N–H and O–H groups in total. The summed E-state index contributed by atoms with van der Waals surface area (Å²) >= 11 is 0. The van der Waals surface area contributed by atoms with Crippen LogP contribution in [0.25, 0.3) is 0 Å². The second kappa shape index (κ2) is 5.47. The number of carboxylic acid groups (broad SMARTS) is 1. The summed E-state index contributed by atoms with van der Waals surface area (Å²) in [6, 6.07) is 6.66. The molecule has 0 aromatic heterocycles. The van der Waals surface area contributed by atoms with Gasteiger partial charge in [0.2, 0.25) is 5.76 Å². The number of hydrogen-bond donors (Lipinski definition) is 1. The number of ether oxygens (including phenoxy) is 2. The fourth-order valence-corrected chi connectivity index (χ4v) is 2.58. The number of carbonyl (C=O) groups excluding carboxylic acids is 1. The first kappa shape index (κ1) is 13.5. The van der Waals surface area contributed by atoms with E-state index in [2.05, 4.69) is 0 Å². The molecule has 1 aromatic rings. The van der Waals surface area contributed by atoms with Gasteiger partial charge in [-0.2, -0.15) is 0 Å². The number of hydrogen-bond acceptors (Lipinski definition) is 4. The van der Waals surface area contributed by atoms with Gasteiger partial charge in [-0.15, -0.1) is 0 Å². The van der Waals surface area contributed by atoms with Gasteiger partial charge in [0.1, 0.15) is 25.5 Å². The van der Waals surface area contributed by atoms with Crippen molar-refractivity contribution < 1.29 is 24.2 Å². The number of carbonyl (C=O) groups is 2. The lowest BCUT2D eigenvalue weighted by Gasteiger charge is -2.35. The smallest absolute Gasteiger partial charge is 0.326 e. The summed E-state index contributed by atoms with van der Waals surface area (Å²) in [4.78, 5) is 25.3. The van der Waals surface area contributed by atoms with Gasteiger partial charge in [0.05, 0.1) is 0 Å². The first-order valence-electron chi connectivity index (χ1n) is 6.72. The number of benzene rings is 1. The van der Waals surface area contributed by atoms with Crippen molar-refractivity contribution in [3.05, 3.63) is 47.4 Å². The first-order chi connectivity index (χ1) is 10.2. The molecule has 2 aliphatic heterocycles. The third-order valence-corrected chi connectivity index (χ3v) is 3.65. The van der Waals surface area contributed by atoms with Crippen LogP contribution in [0, 0.1) is 0 Å². The van der Waals surface area contributed by atoms with Crippen molar-refractivity contribution in [2.24, 2.45) is 0 Å². The highest BCUT2D eigenvalue weighted by Gasteiger charge is 2.36. The van der Waals surface area contributed by atoms with Crippen molar-refractivity contribution in [2.45, 2.75) is 19.0 Å². The zero-order valence-electron chi connectivity index (χ0n) is 11.3. The molecule has 1 aromatic carbocycles. The number of amides is 1. The van der Waals surface area contributed by atoms with E-state index in [4.69, 9.17) is 9.47 Å². The van der Waals surface area contributed by atoms with E-state index in [9.17, 15) is 14.7 Å². The van der Waals surface area contributed by atoms with Crippen molar-refractivity contribution in [3.63, 3.8) is 0 Å². The van der Waals surface area contributed by atoms with E-state index in [-0.39, 0.29) is 12.3 Å². The zero-order valence-corrected chi connectivity index (χ0v) is 11.3. The third kappa shape index (κ3) is 2.56. The Morgan fingerprint density at radius 3 is 2.62 bits per heavy atom. The van der Waals surface area contributed by atoms with E-state index in [1.165, 1.54) is 11.2 Å². The van der Waals surface area contributed by atoms with Crippen molar-refractivity contribution in [3.8, 4) is 0 Å². The Bertz CT molecular complexity index is 610. The maximum Gasteiger partial charge on any atom is 0.326 e. The lowest BCUT2D eigenvalue weighted by molar-refractivity contribution is -0.151. The SMILES string of the molecule is O=C(O)C1Cc2ccccc2CN1C(=O)C1=COCCO1. The van der Waals surface area contributed by atoms with Gasteiger partial charge in [-0.3, -0.25) is 4.79 Å². The molecule has 6 heteroatoms. The van der Waals surface area contributed by atoms with Gasteiger partial charge in [-0.1, -0.05) is 24.3 Å². The quantitative estimate of drug-likeness (QED) is 0.876. The molecular weight excluding hydrogens is 274 g/mol. The summed E-state index contributed by atoms with van der Waals surface area (Å²) in [7, 11) is 0. The molecule has 0 saturated carbocycles. The molecule has 0 aliphatic carbocycles. The van der Waals surface area contributed by atoms with Crippen LogP contribution >= 0.6 is 0 Å². The predicted octanol–water partition coefficient (Wildman–Crippen LogP) is 0.913. The summed E-state index contributed by atoms with van der Waals surface area (Å²) in [5, 5.41) is 9.40. The molecule has 0 saturated heterocycles. The molecule has 1 unspecified atom stereocenters. The second-order valence-corrected chi connectivity index (χ2v) is 4.96. The van der Waals surface area contributed by atoms with Gasteiger partial charge in [0.25, 0.3) is 5.91 Å². The molecule has 1 amide bonds. The van der Waals surface area contributed by atoms with Gasteiger partial charge in [0.15, 0.2) is 0 Å². The van der Waals surface area contributed by atoms with Gasteiger partial charge in [-0.05, 0) is 11.1 Å². The van der Waals surface area contributed by atoms with E-state index >= 15 is 0 Å². The average molecular weight is 289 g/mol. The van der Waals surface area contributed by atoms with Crippen LogP contribution in [-0.2, 0) is 32.0 Å². The zero-order chi connectivity index (χ0) is 14.8. The lowest BCUT2D eigenvalue weighted by Crippen LogP contribution is -2.49. The number of rotatable bonds is 2. The van der Waals surface area contributed by atoms with Crippen molar-refractivity contribution >= 4 is 11.9 Å². The van der Waals surface area contributed by atoms with E-state index in [0.717, 1.165) is 11.1 Å². The predicted molar refractivity (Wildman–Crippen MR) is 72.1 cm³/mol. The average Bonchev–Trinajstić information content (AvgIpc) is 2.53. The maximum atomic E-state index is 12.5. The molecule has 0 bridgehead atoms. The number of carboxylic acids is 1. The topological polar surface area (TPSA) is 76.1 Å². The van der Waals surface area contributed by atoms with Gasteiger partial charge in [0, 0.05) is 13.0 Å². The Morgan fingerprint density at radius 2 is 1.95 bits per heavy atom. The van der Waals surface area contributed by atoms with Crippen LogP contribution in [0.5, 0.6) is 0 Å². The molecule has 0 spiro atoms.